The van der Waals surface area contributed by atoms with E-state index in [4.69, 9.17) is 14.5 Å². The average Bonchev–Trinajstić information content (AvgIpc) is 3.10. The predicted molar refractivity (Wildman–Crippen MR) is 200 cm³/mol. The summed E-state index contributed by atoms with van der Waals surface area (Å²) in [6, 6.07) is 18.0. The number of carbonyl (C=O) groups is 4. The molecular weight excluding hydrogens is 662 g/mol. The van der Waals surface area contributed by atoms with Crippen molar-refractivity contribution in [3.05, 3.63) is 84.3 Å². The number of amides is 4. The van der Waals surface area contributed by atoms with Crippen LogP contribution >= 0.6 is 0 Å². The number of aromatic nitrogens is 2. The molecule has 2 aliphatic heterocycles. The lowest BCUT2D eigenvalue weighted by Gasteiger charge is -2.39. The maximum absolute atomic E-state index is 14.2. The molecule has 3 N–H and O–H groups in total. The number of hydrogen-bond donors (Lipinski definition) is 3. The smallest absolute Gasteiger partial charge is 0.412 e. The molecule has 4 aromatic rings. The lowest BCUT2D eigenvalue weighted by molar-refractivity contribution is -0.119. The standard InChI is InChI=1S/C39H45N7O6/c1-25-18-28(41-38(50)52-39(2,3)4)23-45(22-25)33-15-16-40-21-32(33)43-36(48)35-31(44-37(49)51-24-26-10-6-5-7-11-26)19-27-13-14-29(20-30(27)42-35)46-17-9-8-12-34(46)47/h5-7,10-11,13-16,19-21,25,28H,8-9,12,17-18,22-24H2,1-4H3,(H,41,50)(H,43,48)(H,44,49). The number of alkyl carbamates (subject to hydrolysis) is 1. The monoisotopic (exact) mass is 707 g/mol. The van der Waals surface area contributed by atoms with Gasteiger partial charge in [-0.3, -0.25) is 19.9 Å². The number of carbonyl (C=O) groups excluding carboxylic acids is 4. The van der Waals surface area contributed by atoms with Crippen molar-refractivity contribution < 1.29 is 28.7 Å². The third-order valence-electron chi connectivity index (χ3n) is 8.87. The molecule has 2 aromatic heterocycles. The van der Waals surface area contributed by atoms with Crippen LogP contribution in [0.2, 0.25) is 0 Å². The van der Waals surface area contributed by atoms with E-state index in [2.05, 4.69) is 32.8 Å². The fraction of sp³-hybridized carbons (Fsp3) is 0.385. The van der Waals surface area contributed by atoms with Crippen molar-refractivity contribution in [3.63, 3.8) is 0 Å². The first kappa shape index (κ1) is 36.1. The minimum atomic E-state index is -0.748. The summed E-state index contributed by atoms with van der Waals surface area (Å²) in [6.07, 6.45) is 4.99. The Bertz CT molecular complexity index is 1950. The Balaban J connectivity index is 1.27. The number of benzene rings is 2. The number of piperidine rings is 2. The van der Waals surface area contributed by atoms with Gasteiger partial charge < -0.3 is 29.9 Å². The number of fused-ring (bicyclic) bond motifs is 1. The molecule has 13 heteroatoms. The van der Waals surface area contributed by atoms with Crippen molar-refractivity contribution in [1.82, 2.24) is 15.3 Å². The lowest BCUT2D eigenvalue weighted by atomic mass is 9.95. The number of nitrogens with one attached hydrogen (secondary N) is 3. The molecule has 2 fully saturated rings. The first-order valence-corrected chi connectivity index (χ1v) is 17.6. The number of hydrogen-bond acceptors (Lipinski definition) is 9. The van der Waals surface area contributed by atoms with Crippen molar-refractivity contribution in [2.45, 2.75) is 71.6 Å². The van der Waals surface area contributed by atoms with E-state index >= 15 is 0 Å². The van der Waals surface area contributed by atoms with Crippen LogP contribution in [0, 0.1) is 5.92 Å². The Labute approximate surface area is 303 Å². The van der Waals surface area contributed by atoms with Crippen molar-refractivity contribution >= 4 is 57.7 Å². The first-order valence-electron chi connectivity index (χ1n) is 17.6. The zero-order valence-corrected chi connectivity index (χ0v) is 30.0. The van der Waals surface area contributed by atoms with Crippen LogP contribution in [0.1, 0.15) is 69.4 Å². The first-order chi connectivity index (χ1) is 24.9. The number of rotatable bonds is 8. The molecule has 272 valence electrons. The topological polar surface area (TPSA) is 155 Å². The van der Waals surface area contributed by atoms with Gasteiger partial charge in [-0.15, -0.1) is 0 Å². The van der Waals surface area contributed by atoms with E-state index in [1.165, 1.54) is 0 Å². The molecule has 2 aromatic carbocycles. The van der Waals surface area contributed by atoms with Gasteiger partial charge in [-0.25, -0.2) is 14.6 Å². The third-order valence-corrected chi connectivity index (χ3v) is 8.87. The molecule has 2 unspecified atom stereocenters. The van der Waals surface area contributed by atoms with Crippen molar-refractivity contribution in [2.75, 3.05) is 40.1 Å². The van der Waals surface area contributed by atoms with Gasteiger partial charge in [0.2, 0.25) is 5.91 Å². The van der Waals surface area contributed by atoms with Crippen LogP contribution in [0.25, 0.3) is 10.9 Å². The Kier molecular flexibility index (Phi) is 10.9. The van der Waals surface area contributed by atoms with Gasteiger partial charge in [-0.2, -0.15) is 0 Å². The molecule has 0 radical (unpaired) electrons. The molecule has 2 aliphatic rings. The molecule has 52 heavy (non-hydrogen) atoms. The predicted octanol–water partition coefficient (Wildman–Crippen LogP) is 6.89. The molecule has 0 bridgehead atoms. The fourth-order valence-corrected chi connectivity index (χ4v) is 6.61. The van der Waals surface area contributed by atoms with Gasteiger partial charge in [-0.1, -0.05) is 43.3 Å². The highest BCUT2D eigenvalue weighted by molar-refractivity contribution is 6.11. The fourth-order valence-electron chi connectivity index (χ4n) is 6.61. The quantitative estimate of drug-likeness (QED) is 0.178. The number of nitrogens with zero attached hydrogens (tertiary/aromatic N) is 4. The van der Waals surface area contributed by atoms with Gasteiger partial charge in [-0.05, 0) is 75.8 Å². The Hall–Kier alpha value is -5.72. The molecule has 6 rings (SSSR count). The van der Waals surface area contributed by atoms with Gasteiger partial charge in [0.15, 0.2) is 5.69 Å². The summed E-state index contributed by atoms with van der Waals surface area (Å²) >= 11 is 0. The third kappa shape index (κ3) is 9.14. The number of pyridine rings is 2. The van der Waals surface area contributed by atoms with E-state index in [0.717, 1.165) is 24.8 Å². The summed E-state index contributed by atoms with van der Waals surface area (Å²) in [6.45, 7) is 9.39. The highest BCUT2D eigenvalue weighted by atomic mass is 16.6. The van der Waals surface area contributed by atoms with Crippen LogP contribution in [-0.4, -0.2) is 65.2 Å². The minimum absolute atomic E-state index is 0.0412. The molecule has 2 saturated heterocycles. The normalized spacial score (nSPS) is 17.7. The van der Waals surface area contributed by atoms with Crippen LogP contribution in [0.15, 0.2) is 73.1 Å². The van der Waals surface area contributed by atoms with Crippen LogP contribution in [0.5, 0.6) is 0 Å². The molecule has 2 atom stereocenters. The zero-order chi connectivity index (χ0) is 36.8. The Morgan fingerprint density at radius 1 is 0.942 bits per heavy atom. The van der Waals surface area contributed by atoms with Gasteiger partial charge in [0.05, 0.1) is 28.8 Å². The molecule has 0 spiro atoms. The lowest BCUT2D eigenvalue weighted by Crippen LogP contribution is -2.51. The second kappa shape index (κ2) is 15.7. The van der Waals surface area contributed by atoms with E-state index in [1.54, 1.807) is 29.4 Å². The van der Waals surface area contributed by atoms with Crippen molar-refractivity contribution in [3.8, 4) is 0 Å². The maximum atomic E-state index is 14.2. The van der Waals surface area contributed by atoms with Crippen molar-refractivity contribution in [1.29, 1.82) is 0 Å². The summed E-state index contributed by atoms with van der Waals surface area (Å²) < 4.78 is 11.0. The van der Waals surface area contributed by atoms with Crippen LogP contribution < -0.4 is 25.8 Å². The van der Waals surface area contributed by atoms with Crippen LogP contribution in [-0.2, 0) is 20.9 Å². The summed E-state index contributed by atoms with van der Waals surface area (Å²) in [5, 5.41) is 9.35. The van der Waals surface area contributed by atoms with Crippen LogP contribution in [0.4, 0.5) is 32.3 Å². The Morgan fingerprint density at radius 2 is 1.75 bits per heavy atom. The molecule has 13 nitrogen and oxygen atoms in total. The molecular formula is C39H45N7O6. The van der Waals surface area contributed by atoms with Crippen molar-refractivity contribution in [2.24, 2.45) is 5.92 Å². The summed E-state index contributed by atoms with van der Waals surface area (Å²) in [5.41, 5.74) is 2.63. The summed E-state index contributed by atoms with van der Waals surface area (Å²) in [5.74, 6) is -0.309. The average molecular weight is 708 g/mol. The van der Waals surface area contributed by atoms with Gasteiger partial charge in [0.25, 0.3) is 5.91 Å². The number of anilines is 4. The largest absolute Gasteiger partial charge is 0.444 e. The van der Waals surface area contributed by atoms with Gasteiger partial charge in [0, 0.05) is 49.4 Å². The zero-order valence-electron chi connectivity index (χ0n) is 30.0. The molecule has 4 heterocycles. The SMILES string of the molecule is CC1CC(NC(=O)OC(C)(C)C)CN(c2ccncc2NC(=O)c2nc3cc(N4CCCCC4=O)ccc3cc2NC(=O)OCc2ccccc2)C1. The molecule has 0 saturated carbocycles. The molecule has 4 amide bonds. The minimum Gasteiger partial charge on any atom is -0.444 e. The second-order valence-electron chi connectivity index (χ2n) is 14.4. The van der Waals surface area contributed by atoms with E-state index < -0.39 is 23.7 Å². The van der Waals surface area contributed by atoms with Gasteiger partial charge >= 0.3 is 12.2 Å². The van der Waals surface area contributed by atoms with E-state index in [1.807, 2.05) is 69.3 Å². The van der Waals surface area contributed by atoms with E-state index in [9.17, 15) is 19.2 Å². The van der Waals surface area contributed by atoms with E-state index in [-0.39, 0.29) is 35.9 Å². The highest BCUT2D eigenvalue weighted by Crippen LogP contribution is 2.32. The highest BCUT2D eigenvalue weighted by Gasteiger charge is 2.30. The molecule has 0 aliphatic carbocycles. The van der Waals surface area contributed by atoms with Crippen LogP contribution in [0.3, 0.4) is 0 Å². The number of ether oxygens (including phenoxy) is 2. The summed E-state index contributed by atoms with van der Waals surface area (Å²) in [7, 11) is 0. The maximum Gasteiger partial charge on any atom is 0.412 e. The Morgan fingerprint density at radius 3 is 2.52 bits per heavy atom. The second-order valence-corrected chi connectivity index (χ2v) is 14.4. The van der Waals surface area contributed by atoms with E-state index in [0.29, 0.717) is 54.0 Å². The summed E-state index contributed by atoms with van der Waals surface area (Å²) in [4.78, 5) is 65.4. The van der Waals surface area contributed by atoms with Gasteiger partial charge in [0.1, 0.15) is 12.2 Å².